The molecule has 4 amide bonds. The standard InChI is InChI=1S/C32H43N5O8S3/c1-19-25(26(42)33-8)34-29(45-19)32(7,18-48-22(4)40)37-28(44)31(6,17-47-21(3)39)36-27(43)30(5,16-46-20(2)38)35-24(41)15-14-23-12-10-9-11-13-23/h9-13H,14-18H2,1-8H3,(H,33,42)(H,35,41)(H,36,43)(H,37,44)/t30-,31-,32-/m0/s1. The van der Waals surface area contributed by atoms with Crippen LogP contribution in [-0.4, -0.2) is 79.3 Å². The molecular formula is C32H43N5O8S3. The Morgan fingerprint density at radius 1 is 0.750 bits per heavy atom. The summed E-state index contributed by atoms with van der Waals surface area (Å²) >= 11 is 2.52. The van der Waals surface area contributed by atoms with Crippen LogP contribution in [0.15, 0.2) is 34.7 Å². The molecule has 1 aromatic heterocycles. The van der Waals surface area contributed by atoms with Crippen molar-refractivity contribution >= 4 is 74.3 Å². The molecule has 1 heterocycles. The van der Waals surface area contributed by atoms with E-state index in [0.29, 0.717) is 6.42 Å². The molecule has 0 radical (unpaired) electrons. The van der Waals surface area contributed by atoms with Gasteiger partial charge in [0.2, 0.25) is 23.6 Å². The highest BCUT2D eigenvalue weighted by atomic mass is 32.2. The number of hydrogen-bond donors (Lipinski definition) is 4. The van der Waals surface area contributed by atoms with Crippen molar-refractivity contribution in [3.63, 3.8) is 0 Å². The number of nitrogens with zero attached hydrogens (tertiary/aromatic N) is 1. The molecule has 13 nitrogen and oxygen atoms in total. The van der Waals surface area contributed by atoms with Crippen LogP contribution in [-0.2, 0) is 40.7 Å². The molecule has 0 bridgehead atoms. The molecule has 0 spiro atoms. The van der Waals surface area contributed by atoms with Crippen LogP contribution in [0.3, 0.4) is 0 Å². The van der Waals surface area contributed by atoms with E-state index in [4.69, 9.17) is 4.42 Å². The highest BCUT2D eigenvalue weighted by Gasteiger charge is 2.46. The van der Waals surface area contributed by atoms with Gasteiger partial charge in [-0.25, -0.2) is 4.98 Å². The van der Waals surface area contributed by atoms with Gasteiger partial charge < -0.3 is 25.7 Å². The fourth-order valence-corrected chi connectivity index (χ4v) is 6.30. The van der Waals surface area contributed by atoms with Crippen LogP contribution in [0, 0.1) is 6.92 Å². The van der Waals surface area contributed by atoms with Crippen molar-refractivity contribution in [2.45, 2.75) is 77.9 Å². The Labute approximate surface area is 293 Å². The maximum Gasteiger partial charge on any atom is 0.273 e. The number of thioether (sulfide) groups is 3. The maximum absolute atomic E-state index is 14.2. The summed E-state index contributed by atoms with van der Waals surface area (Å²) in [4.78, 5) is 93.8. The first-order valence-electron chi connectivity index (χ1n) is 14.9. The molecule has 16 heteroatoms. The molecule has 4 N–H and O–H groups in total. The third-order valence-electron chi connectivity index (χ3n) is 7.08. The number of hydrogen-bond acceptors (Lipinski definition) is 12. The van der Waals surface area contributed by atoms with Crippen LogP contribution in [0.5, 0.6) is 0 Å². The van der Waals surface area contributed by atoms with E-state index < -0.39 is 40.2 Å². The number of amides is 4. The van der Waals surface area contributed by atoms with Gasteiger partial charge in [-0.05, 0) is 39.7 Å². The van der Waals surface area contributed by atoms with E-state index in [0.717, 1.165) is 40.8 Å². The summed E-state index contributed by atoms with van der Waals surface area (Å²) < 4.78 is 5.80. The summed E-state index contributed by atoms with van der Waals surface area (Å²) in [5.41, 5.74) is -3.94. The highest BCUT2D eigenvalue weighted by molar-refractivity contribution is 8.14. The maximum atomic E-state index is 14.2. The minimum atomic E-state index is -1.77. The zero-order valence-electron chi connectivity index (χ0n) is 28.4. The zero-order chi connectivity index (χ0) is 36.3. The molecule has 0 aliphatic heterocycles. The number of rotatable bonds is 16. The van der Waals surface area contributed by atoms with E-state index in [9.17, 15) is 33.6 Å². The zero-order valence-corrected chi connectivity index (χ0v) is 30.8. The van der Waals surface area contributed by atoms with Crippen molar-refractivity contribution in [2.24, 2.45) is 0 Å². The number of oxazole rings is 1. The SMILES string of the molecule is CNC(=O)c1nc([C@](C)(CSC(C)=O)NC(=O)[C@](C)(CSC(C)=O)NC(=O)[C@](C)(CSC(C)=O)NC(=O)CCc2ccccc2)oc1C. The quantitative estimate of drug-likeness (QED) is 0.198. The number of nitrogens with one attached hydrogen (secondary N) is 4. The van der Waals surface area contributed by atoms with Crippen LogP contribution < -0.4 is 21.3 Å². The van der Waals surface area contributed by atoms with Gasteiger partial charge >= 0.3 is 0 Å². The van der Waals surface area contributed by atoms with E-state index >= 15 is 0 Å². The predicted molar refractivity (Wildman–Crippen MR) is 187 cm³/mol. The molecule has 0 aliphatic rings. The van der Waals surface area contributed by atoms with Crippen molar-refractivity contribution < 1.29 is 38.0 Å². The van der Waals surface area contributed by atoms with E-state index in [1.54, 1.807) is 6.92 Å². The molecule has 2 rings (SSSR count). The molecule has 1 aromatic carbocycles. The van der Waals surface area contributed by atoms with Crippen molar-refractivity contribution in [3.05, 3.63) is 53.2 Å². The number of benzene rings is 1. The molecule has 0 aliphatic carbocycles. The Morgan fingerprint density at radius 3 is 1.77 bits per heavy atom. The summed E-state index contributed by atoms with van der Waals surface area (Å²) in [5, 5.41) is 9.91. The number of aromatic nitrogens is 1. The van der Waals surface area contributed by atoms with Crippen molar-refractivity contribution in [1.82, 2.24) is 26.3 Å². The third-order valence-corrected chi connectivity index (χ3v) is 10.5. The second-order valence-electron chi connectivity index (χ2n) is 11.8. The van der Waals surface area contributed by atoms with Gasteiger partial charge in [0.1, 0.15) is 22.4 Å². The molecule has 3 atom stereocenters. The smallest absolute Gasteiger partial charge is 0.273 e. The Morgan fingerprint density at radius 2 is 1.25 bits per heavy atom. The van der Waals surface area contributed by atoms with Gasteiger partial charge in [0.15, 0.2) is 21.0 Å². The van der Waals surface area contributed by atoms with Crippen LogP contribution in [0.25, 0.3) is 0 Å². The summed E-state index contributed by atoms with van der Waals surface area (Å²) in [5.74, 6) is -2.73. The van der Waals surface area contributed by atoms with E-state index in [-0.39, 0.29) is 56.4 Å². The summed E-state index contributed by atoms with van der Waals surface area (Å²) in [7, 11) is 1.43. The molecular weight excluding hydrogens is 679 g/mol. The van der Waals surface area contributed by atoms with Gasteiger partial charge in [0.25, 0.3) is 5.91 Å². The molecule has 0 saturated carbocycles. The van der Waals surface area contributed by atoms with Gasteiger partial charge in [-0.15, -0.1) is 0 Å². The van der Waals surface area contributed by atoms with Gasteiger partial charge in [-0.2, -0.15) is 0 Å². The first-order valence-corrected chi connectivity index (χ1v) is 17.9. The first kappa shape index (κ1) is 40.5. The monoisotopic (exact) mass is 721 g/mol. The average Bonchev–Trinajstić information content (AvgIpc) is 3.43. The van der Waals surface area contributed by atoms with Crippen LogP contribution in [0.4, 0.5) is 0 Å². The number of carbonyl (C=O) groups is 7. The lowest BCUT2D eigenvalue weighted by molar-refractivity contribution is -0.137. The summed E-state index contributed by atoms with van der Waals surface area (Å²) in [6.07, 6.45) is 0.480. The summed E-state index contributed by atoms with van der Waals surface area (Å²) in [6.45, 7) is 9.96. The minimum Gasteiger partial charge on any atom is -0.443 e. The van der Waals surface area contributed by atoms with Crippen molar-refractivity contribution in [3.8, 4) is 0 Å². The van der Waals surface area contributed by atoms with Crippen molar-refractivity contribution in [1.29, 1.82) is 0 Å². The van der Waals surface area contributed by atoms with Gasteiger partial charge in [-0.1, -0.05) is 65.6 Å². The fourth-order valence-electron chi connectivity index (χ4n) is 4.22. The van der Waals surface area contributed by atoms with Gasteiger partial charge in [-0.3, -0.25) is 33.6 Å². The Bertz CT molecular complexity index is 1530. The van der Waals surface area contributed by atoms with Crippen LogP contribution >= 0.6 is 35.3 Å². The highest BCUT2D eigenvalue weighted by Crippen LogP contribution is 2.29. The first-order chi connectivity index (χ1) is 22.3. The molecule has 0 saturated heterocycles. The minimum absolute atomic E-state index is 0.00857. The number of carbonyl (C=O) groups excluding carboxylic acids is 7. The second kappa shape index (κ2) is 17.7. The van der Waals surface area contributed by atoms with E-state index in [1.807, 2.05) is 30.3 Å². The lowest BCUT2D eigenvalue weighted by Gasteiger charge is -2.37. The van der Waals surface area contributed by atoms with E-state index in [2.05, 4.69) is 26.3 Å². The van der Waals surface area contributed by atoms with E-state index in [1.165, 1.54) is 48.6 Å². The third kappa shape index (κ3) is 11.8. The Kier molecular flexibility index (Phi) is 14.9. The molecule has 2 aromatic rings. The molecule has 0 fully saturated rings. The fraction of sp³-hybridized carbons (Fsp3) is 0.500. The normalized spacial score (nSPS) is 14.8. The topological polar surface area (TPSA) is 194 Å². The van der Waals surface area contributed by atoms with Crippen molar-refractivity contribution in [2.75, 3.05) is 24.3 Å². The van der Waals surface area contributed by atoms with Crippen LogP contribution in [0.2, 0.25) is 0 Å². The largest absolute Gasteiger partial charge is 0.443 e. The van der Waals surface area contributed by atoms with Crippen LogP contribution in [0.1, 0.15) is 75.7 Å². The predicted octanol–water partition coefficient (Wildman–Crippen LogP) is 2.90. The lowest BCUT2D eigenvalue weighted by Crippen LogP contribution is -2.68. The average molecular weight is 722 g/mol. The number of aryl methyl sites for hydroxylation is 2. The molecule has 262 valence electrons. The Hall–Kier alpha value is -3.63. The molecule has 0 unspecified atom stereocenters. The lowest BCUT2D eigenvalue weighted by atomic mass is 9.96. The second-order valence-corrected chi connectivity index (χ2v) is 15.2. The van der Waals surface area contributed by atoms with Gasteiger partial charge in [0.05, 0.1) is 0 Å². The summed E-state index contributed by atoms with van der Waals surface area (Å²) in [6, 6.07) is 9.33. The molecule has 48 heavy (non-hydrogen) atoms. The Balaban J connectivity index is 2.45. The van der Waals surface area contributed by atoms with Gasteiger partial charge in [0, 0.05) is 51.5 Å².